The van der Waals surface area contributed by atoms with E-state index in [0.717, 1.165) is 54.7 Å². The lowest BCUT2D eigenvalue weighted by Crippen LogP contribution is -2.06. The molecule has 34 heavy (non-hydrogen) atoms. The van der Waals surface area contributed by atoms with Gasteiger partial charge in [-0.15, -0.1) is 0 Å². The number of carboxylic acid groups (broad SMARTS) is 1. The van der Waals surface area contributed by atoms with Crippen molar-refractivity contribution in [2.45, 2.75) is 58.9 Å². The fourth-order valence-corrected chi connectivity index (χ4v) is 4.32. The van der Waals surface area contributed by atoms with Crippen LogP contribution in [-0.2, 0) is 19.4 Å². The zero-order valence-corrected chi connectivity index (χ0v) is 20.0. The fourth-order valence-electron chi connectivity index (χ4n) is 4.32. The summed E-state index contributed by atoms with van der Waals surface area (Å²) in [4.78, 5) is 16.0. The number of rotatable bonds is 10. The standard InChI is InChI=1S/C29H32N2O3/c1-3-5-9-21-15-18-25-26(19-21)31(28(30-25)12-6-4-2)20-22-13-16-23(17-14-22)24-10-7-8-11-27(24)34-29(32)33/h7-8,10-11,13-19H,3-6,9,12,20H2,1-2H3,(H,32,33). The zero-order chi connectivity index (χ0) is 23.9. The number of para-hydroxylation sites is 1. The van der Waals surface area contributed by atoms with Gasteiger partial charge in [0.15, 0.2) is 0 Å². The van der Waals surface area contributed by atoms with Crippen LogP contribution in [0.2, 0.25) is 0 Å². The van der Waals surface area contributed by atoms with Crippen LogP contribution in [0.4, 0.5) is 4.79 Å². The van der Waals surface area contributed by atoms with Gasteiger partial charge in [-0.25, -0.2) is 9.78 Å². The van der Waals surface area contributed by atoms with Crippen molar-refractivity contribution < 1.29 is 14.6 Å². The molecule has 0 aliphatic heterocycles. The van der Waals surface area contributed by atoms with Crippen molar-refractivity contribution in [2.24, 2.45) is 0 Å². The first-order valence-corrected chi connectivity index (χ1v) is 12.2. The Kier molecular flexibility index (Phi) is 7.63. The quantitative estimate of drug-likeness (QED) is 0.198. The molecular formula is C29H32N2O3. The van der Waals surface area contributed by atoms with Crippen LogP contribution in [0.15, 0.2) is 66.7 Å². The number of imidazole rings is 1. The number of hydrogen-bond donors (Lipinski definition) is 1. The van der Waals surface area contributed by atoms with Gasteiger partial charge in [0, 0.05) is 18.5 Å². The molecule has 4 aromatic rings. The molecule has 3 aromatic carbocycles. The number of carbonyl (C=O) groups is 1. The molecule has 1 heterocycles. The summed E-state index contributed by atoms with van der Waals surface area (Å²) in [6.45, 7) is 5.18. The average Bonchev–Trinajstić information content (AvgIpc) is 3.18. The number of unbranched alkanes of at least 4 members (excludes halogenated alkanes) is 2. The normalized spacial score (nSPS) is 11.1. The molecule has 1 aromatic heterocycles. The van der Waals surface area contributed by atoms with Crippen LogP contribution in [0, 0.1) is 0 Å². The highest BCUT2D eigenvalue weighted by Crippen LogP contribution is 2.30. The Morgan fingerprint density at radius 2 is 1.62 bits per heavy atom. The number of nitrogens with zero attached hydrogens (tertiary/aromatic N) is 2. The lowest BCUT2D eigenvalue weighted by molar-refractivity contribution is 0.144. The summed E-state index contributed by atoms with van der Waals surface area (Å²) < 4.78 is 7.32. The van der Waals surface area contributed by atoms with Gasteiger partial charge in [-0.1, -0.05) is 75.2 Å². The van der Waals surface area contributed by atoms with E-state index in [2.05, 4.69) is 48.7 Å². The highest BCUT2D eigenvalue weighted by Gasteiger charge is 2.13. The van der Waals surface area contributed by atoms with E-state index in [4.69, 9.17) is 14.8 Å². The van der Waals surface area contributed by atoms with Crippen molar-refractivity contribution in [1.29, 1.82) is 0 Å². The average molecular weight is 457 g/mol. The van der Waals surface area contributed by atoms with E-state index in [1.54, 1.807) is 12.1 Å². The predicted molar refractivity (Wildman–Crippen MR) is 137 cm³/mol. The first kappa shape index (κ1) is 23.6. The molecule has 0 amide bonds. The van der Waals surface area contributed by atoms with Crippen LogP contribution in [-0.4, -0.2) is 20.8 Å². The van der Waals surface area contributed by atoms with E-state index < -0.39 is 6.16 Å². The van der Waals surface area contributed by atoms with Crippen molar-refractivity contribution in [1.82, 2.24) is 9.55 Å². The SMILES string of the molecule is CCCCc1ccc2nc(CCCC)n(Cc3ccc(-c4ccccc4OC(=O)O)cc3)c2c1. The smallest absolute Gasteiger partial charge is 0.449 e. The largest absolute Gasteiger partial charge is 0.511 e. The van der Waals surface area contributed by atoms with Crippen molar-refractivity contribution >= 4 is 17.2 Å². The maximum atomic E-state index is 11.0. The van der Waals surface area contributed by atoms with Crippen molar-refractivity contribution in [3.8, 4) is 16.9 Å². The van der Waals surface area contributed by atoms with E-state index in [9.17, 15) is 4.79 Å². The minimum atomic E-state index is -1.31. The third-order valence-electron chi connectivity index (χ3n) is 6.15. The molecule has 1 N–H and O–H groups in total. The van der Waals surface area contributed by atoms with E-state index >= 15 is 0 Å². The number of benzene rings is 3. The van der Waals surface area contributed by atoms with E-state index in [-0.39, 0.29) is 0 Å². The Balaban J connectivity index is 1.64. The monoisotopic (exact) mass is 456 g/mol. The van der Waals surface area contributed by atoms with Crippen molar-refractivity contribution in [2.75, 3.05) is 0 Å². The molecule has 0 saturated heterocycles. The van der Waals surface area contributed by atoms with Gasteiger partial charge in [0.1, 0.15) is 11.6 Å². The minimum Gasteiger partial charge on any atom is -0.449 e. The van der Waals surface area contributed by atoms with Gasteiger partial charge >= 0.3 is 6.16 Å². The van der Waals surface area contributed by atoms with Crippen molar-refractivity contribution in [3.63, 3.8) is 0 Å². The van der Waals surface area contributed by atoms with Crippen LogP contribution < -0.4 is 4.74 Å². The predicted octanol–water partition coefficient (Wildman–Crippen LogP) is 7.49. The number of ether oxygens (including phenoxy) is 1. The molecule has 0 saturated carbocycles. The first-order valence-electron chi connectivity index (χ1n) is 12.2. The van der Waals surface area contributed by atoms with E-state index in [1.807, 2.05) is 24.3 Å². The molecule has 0 aliphatic carbocycles. The Morgan fingerprint density at radius 1 is 0.912 bits per heavy atom. The summed E-state index contributed by atoms with van der Waals surface area (Å²) >= 11 is 0. The molecule has 176 valence electrons. The Morgan fingerprint density at radius 3 is 2.35 bits per heavy atom. The number of hydrogen-bond acceptors (Lipinski definition) is 3. The number of fused-ring (bicyclic) bond motifs is 1. The highest BCUT2D eigenvalue weighted by molar-refractivity contribution is 5.77. The fraction of sp³-hybridized carbons (Fsp3) is 0.310. The Hall–Kier alpha value is -3.60. The molecule has 0 bridgehead atoms. The molecule has 0 spiro atoms. The molecule has 0 unspecified atom stereocenters. The van der Waals surface area contributed by atoms with E-state index in [1.165, 1.54) is 29.5 Å². The van der Waals surface area contributed by atoms with Gasteiger partial charge in [-0.2, -0.15) is 0 Å². The van der Waals surface area contributed by atoms with Crippen molar-refractivity contribution in [3.05, 3.63) is 83.7 Å². The summed E-state index contributed by atoms with van der Waals surface area (Å²) in [5.41, 5.74) is 6.48. The summed E-state index contributed by atoms with van der Waals surface area (Å²) in [5.74, 6) is 1.47. The molecule has 5 heteroatoms. The topological polar surface area (TPSA) is 64.4 Å². The second kappa shape index (κ2) is 11.0. The zero-order valence-electron chi connectivity index (χ0n) is 20.0. The van der Waals surface area contributed by atoms with E-state index in [0.29, 0.717) is 5.75 Å². The van der Waals surface area contributed by atoms with Crippen LogP contribution in [0.1, 0.15) is 56.5 Å². The lowest BCUT2D eigenvalue weighted by Gasteiger charge is -2.12. The molecule has 0 fully saturated rings. The van der Waals surface area contributed by atoms with Crippen LogP contribution >= 0.6 is 0 Å². The maximum Gasteiger partial charge on any atom is 0.511 e. The summed E-state index contributed by atoms with van der Waals surface area (Å²) in [6.07, 6.45) is 5.38. The van der Waals surface area contributed by atoms with Gasteiger partial charge in [-0.05, 0) is 54.2 Å². The van der Waals surface area contributed by atoms with Gasteiger partial charge in [0.2, 0.25) is 0 Å². The molecular weight excluding hydrogens is 424 g/mol. The second-order valence-electron chi connectivity index (χ2n) is 8.71. The molecule has 0 aliphatic rings. The molecule has 4 rings (SSSR count). The minimum absolute atomic E-state index is 0.338. The number of aromatic nitrogens is 2. The molecule has 0 atom stereocenters. The summed E-state index contributed by atoms with van der Waals surface area (Å²) in [7, 11) is 0. The van der Waals surface area contributed by atoms with Gasteiger partial charge in [0.05, 0.1) is 11.0 Å². The van der Waals surface area contributed by atoms with Gasteiger partial charge in [-0.3, -0.25) is 0 Å². The summed E-state index contributed by atoms with van der Waals surface area (Å²) in [5, 5.41) is 9.04. The van der Waals surface area contributed by atoms with Crippen LogP contribution in [0.3, 0.4) is 0 Å². The lowest BCUT2D eigenvalue weighted by atomic mass is 10.0. The third kappa shape index (κ3) is 5.48. The van der Waals surface area contributed by atoms with Crippen LogP contribution in [0.25, 0.3) is 22.2 Å². The Labute approximate surface area is 201 Å². The van der Waals surface area contributed by atoms with Gasteiger partial charge in [0.25, 0.3) is 0 Å². The first-order chi connectivity index (χ1) is 16.6. The third-order valence-corrected chi connectivity index (χ3v) is 6.15. The Bertz CT molecular complexity index is 1260. The van der Waals surface area contributed by atoms with Crippen LogP contribution in [0.5, 0.6) is 5.75 Å². The second-order valence-corrected chi connectivity index (χ2v) is 8.71. The summed E-state index contributed by atoms with van der Waals surface area (Å²) in [6, 6.07) is 22.1. The van der Waals surface area contributed by atoms with Gasteiger partial charge < -0.3 is 14.4 Å². The number of aryl methyl sites for hydroxylation is 2. The highest BCUT2D eigenvalue weighted by atomic mass is 16.7. The molecule has 0 radical (unpaired) electrons. The maximum absolute atomic E-state index is 11.0. The molecule has 5 nitrogen and oxygen atoms in total.